The highest BCUT2D eigenvalue weighted by Crippen LogP contribution is 2.25. The molecule has 0 aromatic carbocycles. The minimum Gasteiger partial charge on any atom is -0.452 e. The first-order valence-corrected chi connectivity index (χ1v) is 6.80. The maximum absolute atomic E-state index is 5.51. The molecule has 0 aliphatic heterocycles. The molecule has 0 amide bonds. The number of nitrogens with one attached hydrogen (secondary N) is 1. The van der Waals surface area contributed by atoms with Gasteiger partial charge in [0.2, 0.25) is 0 Å². The van der Waals surface area contributed by atoms with Crippen LogP contribution in [0.5, 0.6) is 0 Å². The van der Waals surface area contributed by atoms with Crippen molar-refractivity contribution in [3.63, 3.8) is 0 Å². The quantitative estimate of drug-likeness (QED) is 0.808. The number of furan rings is 1. The van der Waals surface area contributed by atoms with Gasteiger partial charge in [-0.25, -0.2) is 4.98 Å². The maximum atomic E-state index is 5.51. The fourth-order valence-electron chi connectivity index (χ4n) is 1.55. The van der Waals surface area contributed by atoms with E-state index in [0.29, 0.717) is 0 Å². The van der Waals surface area contributed by atoms with Crippen LogP contribution in [0.4, 0.5) is 5.69 Å². The summed E-state index contributed by atoms with van der Waals surface area (Å²) < 4.78 is 7.09. The second-order valence-electron chi connectivity index (χ2n) is 3.77. The Morgan fingerprint density at radius 1 is 1.24 bits per heavy atom. The van der Waals surface area contributed by atoms with Crippen LogP contribution < -0.4 is 5.32 Å². The van der Waals surface area contributed by atoms with Gasteiger partial charge >= 0.3 is 0 Å². The fraction of sp³-hybridized carbons (Fsp3) is 0.250. The average molecular weight is 360 g/mol. The largest absolute Gasteiger partial charge is 0.452 e. The lowest BCUT2D eigenvalue weighted by Gasteiger charge is -2.14. The summed E-state index contributed by atoms with van der Waals surface area (Å²) in [5.74, 6) is 0.888. The molecule has 17 heavy (non-hydrogen) atoms. The van der Waals surface area contributed by atoms with Gasteiger partial charge in [0.15, 0.2) is 4.67 Å². The topological polar surface area (TPSA) is 38.1 Å². The van der Waals surface area contributed by atoms with Crippen molar-refractivity contribution in [1.29, 1.82) is 0 Å². The van der Waals surface area contributed by atoms with Crippen molar-refractivity contribution in [2.45, 2.75) is 19.9 Å². The Hall–Kier alpha value is -0.810. The second kappa shape index (κ2) is 5.23. The van der Waals surface area contributed by atoms with E-state index < -0.39 is 0 Å². The van der Waals surface area contributed by atoms with Crippen molar-refractivity contribution < 1.29 is 4.42 Å². The summed E-state index contributed by atoms with van der Waals surface area (Å²) >= 11 is 6.64. The number of anilines is 1. The van der Waals surface area contributed by atoms with E-state index in [2.05, 4.69) is 42.2 Å². The van der Waals surface area contributed by atoms with Crippen LogP contribution in [0.3, 0.4) is 0 Å². The van der Waals surface area contributed by atoms with Gasteiger partial charge in [-0.15, -0.1) is 0 Å². The van der Waals surface area contributed by atoms with Crippen molar-refractivity contribution in [3.05, 3.63) is 45.0 Å². The molecule has 0 spiro atoms. The lowest BCUT2D eigenvalue weighted by atomic mass is 10.2. The van der Waals surface area contributed by atoms with Crippen molar-refractivity contribution in [2.75, 3.05) is 5.32 Å². The van der Waals surface area contributed by atoms with E-state index in [1.165, 1.54) is 0 Å². The summed E-state index contributed by atoms with van der Waals surface area (Å²) in [7, 11) is 0. The number of halogens is 2. The number of pyridine rings is 1. The van der Waals surface area contributed by atoms with Gasteiger partial charge in [-0.05, 0) is 70.0 Å². The van der Waals surface area contributed by atoms with Crippen LogP contribution in [0.2, 0.25) is 0 Å². The lowest BCUT2D eigenvalue weighted by molar-refractivity contribution is 0.471. The van der Waals surface area contributed by atoms with Crippen molar-refractivity contribution in [3.8, 4) is 0 Å². The number of aromatic nitrogens is 1. The summed E-state index contributed by atoms with van der Waals surface area (Å²) in [6.07, 6.45) is 0. The SMILES string of the molecule is Cc1nc(Br)ccc1NC(C)c1ccc(Br)o1. The molecular formula is C12H12Br2N2O. The third kappa shape index (κ3) is 3.10. The van der Waals surface area contributed by atoms with Gasteiger partial charge < -0.3 is 9.73 Å². The minimum absolute atomic E-state index is 0.1000. The number of hydrogen-bond donors (Lipinski definition) is 1. The molecule has 3 nitrogen and oxygen atoms in total. The molecule has 1 unspecified atom stereocenters. The Morgan fingerprint density at radius 3 is 2.59 bits per heavy atom. The second-order valence-corrected chi connectivity index (χ2v) is 5.37. The van der Waals surface area contributed by atoms with Crippen molar-refractivity contribution in [1.82, 2.24) is 4.98 Å². The predicted octanol–water partition coefficient (Wildman–Crippen LogP) is 4.68. The fourth-order valence-corrected chi connectivity index (χ4v) is 2.27. The first-order chi connectivity index (χ1) is 8.06. The molecule has 0 saturated heterocycles. The minimum atomic E-state index is 0.1000. The zero-order valence-corrected chi connectivity index (χ0v) is 12.7. The Labute approximate surface area is 117 Å². The van der Waals surface area contributed by atoms with Crippen LogP contribution in [0.1, 0.15) is 24.4 Å². The Kier molecular flexibility index (Phi) is 3.89. The average Bonchev–Trinajstić information content (AvgIpc) is 2.69. The normalized spacial score (nSPS) is 12.5. The van der Waals surface area contributed by atoms with E-state index in [9.17, 15) is 0 Å². The highest BCUT2D eigenvalue weighted by molar-refractivity contribution is 9.10. The van der Waals surface area contributed by atoms with Crippen LogP contribution in [-0.4, -0.2) is 4.98 Å². The summed E-state index contributed by atoms with van der Waals surface area (Å²) in [4.78, 5) is 4.34. The molecule has 0 aliphatic carbocycles. The first kappa shape index (κ1) is 12.6. The Morgan fingerprint density at radius 2 is 2.00 bits per heavy atom. The third-order valence-electron chi connectivity index (χ3n) is 2.44. The molecule has 0 aliphatic rings. The van der Waals surface area contributed by atoms with Crippen LogP contribution >= 0.6 is 31.9 Å². The molecule has 0 radical (unpaired) electrons. The molecule has 0 bridgehead atoms. The summed E-state index contributed by atoms with van der Waals surface area (Å²) in [5.41, 5.74) is 1.96. The molecule has 2 rings (SSSR count). The van der Waals surface area contributed by atoms with E-state index in [4.69, 9.17) is 4.42 Å². The van der Waals surface area contributed by atoms with Gasteiger partial charge in [-0.1, -0.05) is 0 Å². The maximum Gasteiger partial charge on any atom is 0.169 e. The molecule has 2 heterocycles. The lowest BCUT2D eigenvalue weighted by Crippen LogP contribution is -2.07. The highest BCUT2D eigenvalue weighted by Gasteiger charge is 2.11. The standard InChI is InChI=1S/C12H12Br2N2O/c1-7-9(3-5-11(13)16-7)15-8(2)10-4-6-12(14)17-10/h3-6,8,15H,1-2H3. The number of nitrogens with zero attached hydrogens (tertiary/aromatic N) is 1. The number of aryl methyl sites for hydroxylation is 1. The van der Waals surface area contributed by atoms with Gasteiger partial charge in [-0.3, -0.25) is 0 Å². The molecule has 0 fully saturated rings. The Bertz CT molecular complexity index is 525. The molecule has 1 N–H and O–H groups in total. The summed E-state index contributed by atoms with van der Waals surface area (Å²) in [6, 6.07) is 7.85. The van der Waals surface area contributed by atoms with E-state index >= 15 is 0 Å². The van der Waals surface area contributed by atoms with Crippen LogP contribution in [0.25, 0.3) is 0 Å². The van der Waals surface area contributed by atoms with Crippen molar-refractivity contribution in [2.24, 2.45) is 0 Å². The number of rotatable bonds is 3. The molecule has 5 heteroatoms. The van der Waals surface area contributed by atoms with E-state index in [-0.39, 0.29) is 6.04 Å². The first-order valence-electron chi connectivity index (χ1n) is 5.21. The monoisotopic (exact) mass is 358 g/mol. The summed E-state index contributed by atoms with van der Waals surface area (Å²) in [5, 5.41) is 3.37. The molecule has 0 saturated carbocycles. The Balaban J connectivity index is 2.15. The number of hydrogen-bond acceptors (Lipinski definition) is 3. The molecule has 2 aromatic heterocycles. The third-order valence-corrected chi connectivity index (χ3v) is 3.31. The van der Waals surface area contributed by atoms with Gasteiger partial charge in [0.1, 0.15) is 10.4 Å². The van der Waals surface area contributed by atoms with E-state index in [1.54, 1.807) is 0 Å². The zero-order chi connectivity index (χ0) is 12.4. The van der Waals surface area contributed by atoms with Crippen LogP contribution in [-0.2, 0) is 0 Å². The molecule has 90 valence electrons. The highest BCUT2D eigenvalue weighted by atomic mass is 79.9. The van der Waals surface area contributed by atoms with Crippen LogP contribution in [0, 0.1) is 6.92 Å². The van der Waals surface area contributed by atoms with E-state index in [0.717, 1.165) is 26.4 Å². The smallest absolute Gasteiger partial charge is 0.169 e. The van der Waals surface area contributed by atoms with Crippen LogP contribution in [0.15, 0.2) is 38.0 Å². The predicted molar refractivity (Wildman–Crippen MR) is 75.1 cm³/mol. The molecular weight excluding hydrogens is 348 g/mol. The van der Waals surface area contributed by atoms with Gasteiger partial charge in [0, 0.05) is 0 Å². The van der Waals surface area contributed by atoms with Gasteiger partial charge in [-0.2, -0.15) is 0 Å². The zero-order valence-electron chi connectivity index (χ0n) is 9.50. The molecule has 1 atom stereocenters. The van der Waals surface area contributed by atoms with Gasteiger partial charge in [0.25, 0.3) is 0 Å². The van der Waals surface area contributed by atoms with E-state index in [1.807, 2.05) is 38.1 Å². The van der Waals surface area contributed by atoms with Gasteiger partial charge in [0.05, 0.1) is 17.4 Å². The summed E-state index contributed by atoms with van der Waals surface area (Å²) in [6.45, 7) is 4.02. The molecule has 2 aromatic rings. The van der Waals surface area contributed by atoms with Crippen molar-refractivity contribution >= 4 is 37.5 Å².